The SMILES string of the molecule is CC(C)[C@@H](N)C(=O)N1CCCC(C)(C)C1C(=O)O. The number of hydrogen-bond donors (Lipinski definition) is 2. The Bertz CT molecular complexity index is 339. The van der Waals surface area contributed by atoms with Gasteiger partial charge in [0.15, 0.2) is 0 Å². The maximum atomic E-state index is 12.3. The van der Waals surface area contributed by atoms with Crippen LogP contribution in [0.2, 0.25) is 0 Å². The summed E-state index contributed by atoms with van der Waals surface area (Å²) < 4.78 is 0. The molecule has 3 N–H and O–H groups in total. The van der Waals surface area contributed by atoms with Gasteiger partial charge in [0.2, 0.25) is 5.91 Å². The van der Waals surface area contributed by atoms with E-state index in [4.69, 9.17) is 5.73 Å². The van der Waals surface area contributed by atoms with Crippen molar-refractivity contribution in [1.29, 1.82) is 0 Å². The standard InChI is InChI=1S/C13H24N2O3/c1-8(2)9(14)11(16)15-7-5-6-13(3,4)10(15)12(17)18/h8-10H,5-7,14H2,1-4H3,(H,17,18)/t9-,10?/m1/s1. The highest BCUT2D eigenvalue weighted by Gasteiger charge is 2.45. The van der Waals surface area contributed by atoms with Gasteiger partial charge in [-0.1, -0.05) is 27.7 Å². The molecule has 1 aliphatic heterocycles. The van der Waals surface area contributed by atoms with Gasteiger partial charge in [-0.2, -0.15) is 0 Å². The molecule has 5 nitrogen and oxygen atoms in total. The molecule has 1 saturated heterocycles. The Kier molecular flexibility index (Phi) is 4.37. The lowest BCUT2D eigenvalue weighted by Crippen LogP contribution is -2.60. The first-order valence-electron chi connectivity index (χ1n) is 6.47. The van der Waals surface area contributed by atoms with Crippen LogP contribution in [0.3, 0.4) is 0 Å². The van der Waals surface area contributed by atoms with Gasteiger partial charge in [-0.15, -0.1) is 0 Å². The van der Waals surface area contributed by atoms with Crippen molar-refractivity contribution in [2.75, 3.05) is 6.54 Å². The van der Waals surface area contributed by atoms with Crippen LogP contribution in [-0.2, 0) is 9.59 Å². The molecule has 0 radical (unpaired) electrons. The van der Waals surface area contributed by atoms with E-state index in [2.05, 4.69) is 0 Å². The monoisotopic (exact) mass is 256 g/mol. The third kappa shape index (κ3) is 2.83. The Morgan fingerprint density at radius 1 is 1.39 bits per heavy atom. The smallest absolute Gasteiger partial charge is 0.326 e. The van der Waals surface area contributed by atoms with Gasteiger partial charge in [-0.3, -0.25) is 4.79 Å². The van der Waals surface area contributed by atoms with Gasteiger partial charge in [0.25, 0.3) is 0 Å². The zero-order chi connectivity index (χ0) is 14.1. The second-order valence-corrected chi connectivity index (χ2v) is 6.13. The molecule has 1 heterocycles. The molecule has 1 amide bonds. The zero-order valence-corrected chi connectivity index (χ0v) is 11.6. The molecule has 0 bridgehead atoms. The molecular formula is C13H24N2O3. The van der Waals surface area contributed by atoms with Crippen LogP contribution in [0, 0.1) is 11.3 Å². The molecule has 0 aromatic heterocycles. The molecule has 1 rings (SSSR count). The average Bonchev–Trinajstić information content (AvgIpc) is 2.24. The van der Waals surface area contributed by atoms with Gasteiger partial charge in [-0.05, 0) is 24.2 Å². The Labute approximate surface area is 108 Å². The first-order valence-corrected chi connectivity index (χ1v) is 6.47. The molecule has 0 aliphatic carbocycles. The van der Waals surface area contributed by atoms with Crippen molar-refractivity contribution in [3.05, 3.63) is 0 Å². The molecule has 0 aromatic carbocycles. The Morgan fingerprint density at radius 3 is 2.39 bits per heavy atom. The largest absolute Gasteiger partial charge is 0.480 e. The van der Waals surface area contributed by atoms with E-state index in [1.807, 2.05) is 27.7 Å². The Hall–Kier alpha value is -1.10. The highest BCUT2D eigenvalue weighted by atomic mass is 16.4. The topological polar surface area (TPSA) is 83.6 Å². The third-order valence-corrected chi connectivity index (χ3v) is 3.79. The number of likely N-dealkylation sites (tertiary alicyclic amines) is 1. The molecule has 5 heteroatoms. The molecule has 1 unspecified atom stereocenters. The number of nitrogens with zero attached hydrogens (tertiary/aromatic N) is 1. The van der Waals surface area contributed by atoms with Crippen LogP contribution in [0.15, 0.2) is 0 Å². The molecule has 0 saturated carbocycles. The third-order valence-electron chi connectivity index (χ3n) is 3.79. The quantitative estimate of drug-likeness (QED) is 0.791. The van der Waals surface area contributed by atoms with E-state index in [9.17, 15) is 14.7 Å². The molecular weight excluding hydrogens is 232 g/mol. The van der Waals surface area contributed by atoms with Crippen molar-refractivity contribution < 1.29 is 14.7 Å². The lowest BCUT2D eigenvalue weighted by Gasteiger charge is -2.45. The second-order valence-electron chi connectivity index (χ2n) is 6.13. The number of carbonyl (C=O) groups excluding carboxylic acids is 1. The number of carboxylic acids is 1. The number of carbonyl (C=O) groups is 2. The minimum absolute atomic E-state index is 0.0111. The number of hydrogen-bond acceptors (Lipinski definition) is 3. The van der Waals surface area contributed by atoms with E-state index in [0.717, 1.165) is 12.8 Å². The van der Waals surface area contributed by atoms with Gasteiger partial charge in [0.1, 0.15) is 6.04 Å². The molecule has 0 aromatic rings. The normalized spacial score (nSPS) is 25.0. The fraction of sp³-hybridized carbons (Fsp3) is 0.846. The number of amides is 1. The summed E-state index contributed by atoms with van der Waals surface area (Å²) in [4.78, 5) is 25.2. The first-order chi connectivity index (χ1) is 8.18. The van der Waals surface area contributed by atoms with E-state index < -0.39 is 23.5 Å². The Morgan fingerprint density at radius 2 is 1.94 bits per heavy atom. The molecule has 1 fully saturated rings. The van der Waals surface area contributed by atoms with E-state index in [-0.39, 0.29) is 11.8 Å². The van der Waals surface area contributed by atoms with Gasteiger partial charge in [-0.25, -0.2) is 4.79 Å². The summed E-state index contributed by atoms with van der Waals surface area (Å²) in [5, 5.41) is 9.38. The fourth-order valence-electron chi connectivity index (χ4n) is 2.57. The van der Waals surface area contributed by atoms with E-state index in [1.165, 1.54) is 4.90 Å². The highest BCUT2D eigenvalue weighted by Crippen LogP contribution is 2.35. The number of nitrogens with two attached hydrogens (primary N) is 1. The molecule has 2 atom stereocenters. The molecule has 104 valence electrons. The first kappa shape index (κ1) is 15.0. The maximum Gasteiger partial charge on any atom is 0.326 e. The summed E-state index contributed by atoms with van der Waals surface area (Å²) in [6.45, 7) is 8.01. The minimum Gasteiger partial charge on any atom is -0.480 e. The predicted molar refractivity (Wildman–Crippen MR) is 69.0 cm³/mol. The summed E-state index contributed by atoms with van der Waals surface area (Å²) in [7, 11) is 0. The number of piperidine rings is 1. The minimum atomic E-state index is -0.941. The van der Waals surface area contributed by atoms with Crippen molar-refractivity contribution in [1.82, 2.24) is 4.90 Å². The average molecular weight is 256 g/mol. The summed E-state index contributed by atoms with van der Waals surface area (Å²) in [5.41, 5.74) is 5.45. The molecule has 18 heavy (non-hydrogen) atoms. The van der Waals surface area contributed by atoms with Crippen LogP contribution in [0.4, 0.5) is 0 Å². The molecule has 0 spiro atoms. The van der Waals surface area contributed by atoms with Crippen LogP contribution < -0.4 is 5.73 Å². The summed E-state index contributed by atoms with van der Waals surface area (Å²) in [6, 6.07) is -1.40. The maximum absolute atomic E-state index is 12.3. The van der Waals surface area contributed by atoms with Crippen LogP contribution in [0.1, 0.15) is 40.5 Å². The van der Waals surface area contributed by atoms with Crippen molar-refractivity contribution in [2.45, 2.75) is 52.6 Å². The Balaban J connectivity index is 2.98. The zero-order valence-electron chi connectivity index (χ0n) is 11.6. The van der Waals surface area contributed by atoms with Crippen molar-refractivity contribution in [2.24, 2.45) is 17.1 Å². The number of carboxylic acid groups (broad SMARTS) is 1. The highest BCUT2D eigenvalue weighted by molar-refractivity contribution is 5.87. The van der Waals surface area contributed by atoms with Gasteiger partial charge >= 0.3 is 5.97 Å². The second kappa shape index (κ2) is 5.26. The van der Waals surface area contributed by atoms with Crippen LogP contribution in [-0.4, -0.2) is 40.5 Å². The number of rotatable bonds is 3. The predicted octanol–water partition coefficient (Wildman–Crippen LogP) is 1.07. The van der Waals surface area contributed by atoms with Crippen molar-refractivity contribution in [3.63, 3.8) is 0 Å². The van der Waals surface area contributed by atoms with Crippen molar-refractivity contribution in [3.8, 4) is 0 Å². The van der Waals surface area contributed by atoms with Crippen molar-refractivity contribution >= 4 is 11.9 Å². The summed E-state index contributed by atoms with van der Waals surface area (Å²) >= 11 is 0. The van der Waals surface area contributed by atoms with Gasteiger partial charge in [0.05, 0.1) is 6.04 Å². The summed E-state index contributed by atoms with van der Waals surface area (Å²) in [5.74, 6) is -1.17. The molecule has 1 aliphatic rings. The fourth-order valence-corrected chi connectivity index (χ4v) is 2.57. The van der Waals surface area contributed by atoms with E-state index >= 15 is 0 Å². The lowest BCUT2D eigenvalue weighted by molar-refractivity contribution is -0.159. The van der Waals surface area contributed by atoms with Gasteiger partial charge in [0, 0.05) is 6.54 Å². The van der Waals surface area contributed by atoms with E-state index in [0.29, 0.717) is 6.54 Å². The van der Waals surface area contributed by atoms with Gasteiger partial charge < -0.3 is 15.7 Å². The van der Waals surface area contributed by atoms with Crippen LogP contribution in [0.25, 0.3) is 0 Å². The summed E-state index contributed by atoms with van der Waals surface area (Å²) in [6.07, 6.45) is 1.64. The van der Waals surface area contributed by atoms with E-state index in [1.54, 1.807) is 0 Å². The number of aliphatic carboxylic acids is 1. The lowest BCUT2D eigenvalue weighted by atomic mass is 9.76. The van der Waals surface area contributed by atoms with Crippen LogP contribution in [0.5, 0.6) is 0 Å². The van der Waals surface area contributed by atoms with Crippen LogP contribution >= 0.6 is 0 Å².